The Kier molecular flexibility index (Phi) is 7.07. The standard InChI is InChI=1S/C22H37N7S/c1-21(2,3)17-15-18(25-19(24-17)22(4,5)6)29-12-10-28(11-13-29)9-8-14-30-20-26-23-16-27(20)7/h15-16H,8-14H2,1-7H3. The zero-order chi connectivity index (χ0) is 21.9. The topological polar surface area (TPSA) is 63.0 Å². The van der Waals surface area contributed by atoms with Gasteiger partial charge in [-0.1, -0.05) is 53.3 Å². The molecule has 1 saturated heterocycles. The summed E-state index contributed by atoms with van der Waals surface area (Å²) in [6.45, 7) is 18.6. The molecule has 8 heteroatoms. The van der Waals surface area contributed by atoms with Gasteiger partial charge in [-0.25, -0.2) is 9.97 Å². The highest BCUT2D eigenvalue weighted by molar-refractivity contribution is 7.99. The molecular formula is C22H37N7S. The van der Waals surface area contributed by atoms with Crippen LogP contribution in [-0.2, 0) is 17.9 Å². The highest BCUT2D eigenvalue weighted by atomic mass is 32.2. The van der Waals surface area contributed by atoms with E-state index in [1.54, 1.807) is 18.1 Å². The van der Waals surface area contributed by atoms with Crippen molar-refractivity contribution in [2.24, 2.45) is 7.05 Å². The second-order valence-corrected chi connectivity index (χ2v) is 11.3. The Bertz CT molecular complexity index is 794. The number of aryl methyl sites for hydroxylation is 1. The summed E-state index contributed by atoms with van der Waals surface area (Å²) in [5, 5.41) is 9.06. The summed E-state index contributed by atoms with van der Waals surface area (Å²) in [5.41, 5.74) is 1.08. The van der Waals surface area contributed by atoms with E-state index in [9.17, 15) is 0 Å². The van der Waals surface area contributed by atoms with Gasteiger partial charge in [0.05, 0.1) is 5.69 Å². The molecule has 3 heterocycles. The van der Waals surface area contributed by atoms with Crippen LogP contribution in [0, 0.1) is 0 Å². The lowest BCUT2D eigenvalue weighted by molar-refractivity contribution is 0.258. The third-order valence-corrected chi connectivity index (χ3v) is 6.49. The van der Waals surface area contributed by atoms with E-state index < -0.39 is 0 Å². The molecule has 0 amide bonds. The van der Waals surface area contributed by atoms with E-state index in [1.165, 1.54) is 0 Å². The van der Waals surface area contributed by atoms with Crippen molar-refractivity contribution in [3.63, 3.8) is 0 Å². The van der Waals surface area contributed by atoms with Crippen molar-refractivity contribution in [3.8, 4) is 0 Å². The van der Waals surface area contributed by atoms with Crippen molar-refractivity contribution in [1.82, 2.24) is 29.6 Å². The van der Waals surface area contributed by atoms with E-state index in [0.717, 1.165) is 67.4 Å². The smallest absolute Gasteiger partial charge is 0.190 e. The molecule has 3 rings (SSSR count). The van der Waals surface area contributed by atoms with Gasteiger partial charge in [-0.3, -0.25) is 4.90 Å². The number of thioether (sulfide) groups is 1. The SMILES string of the molecule is Cn1cnnc1SCCCN1CCN(c2cc(C(C)(C)C)nc(C(C)(C)C)n2)CC1. The van der Waals surface area contributed by atoms with Crippen LogP contribution in [0.2, 0.25) is 0 Å². The zero-order valence-electron chi connectivity index (χ0n) is 19.6. The van der Waals surface area contributed by atoms with Gasteiger partial charge in [-0.15, -0.1) is 10.2 Å². The van der Waals surface area contributed by atoms with Gasteiger partial charge >= 0.3 is 0 Å². The highest BCUT2D eigenvalue weighted by Gasteiger charge is 2.26. The predicted octanol–water partition coefficient (Wildman–Crippen LogP) is 3.50. The molecule has 1 fully saturated rings. The second kappa shape index (κ2) is 9.22. The molecule has 7 nitrogen and oxygen atoms in total. The number of nitrogens with zero attached hydrogens (tertiary/aromatic N) is 7. The zero-order valence-corrected chi connectivity index (χ0v) is 20.5. The minimum absolute atomic E-state index is 0.0138. The van der Waals surface area contributed by atoms with Gasteiger partial charge in [0, 0.05) is 55.9 Å². The number of hydrogen-bond donors (Lipinski definition) is 0. The summed E-state index contributed by atoms with van der Waals surface area (Å²) in [4.78, 5) is 14.8. The van der Waals surface area contributed by atoms with Gasteiger partial charge in [0.1, 0.15) is 18.0 Å². The first-order chi connectivity index (χ1) is 14.0. The first-order valence-electron chi connectivity index (χ1n) is 10.9. The molecular weight excluding hydrogens is 394 g/mol. The lowest BCUT2D eigenvalue weighted by atomic mass is 9.90. The van der Waals surface area contributed by atoms with Crippen molar-refractivity contribution in [2.45, 2.75) is 63.9 Å². The van der Waals surface area contributed by atoms with E-state index in [4.69, 9.17) is 9.97 Å². The molecule has 0 unspecified atom stereocenters. The fourth-order valence-electron chi connectivity index (χ4n) is 3.37. The Morgan fingerprint density at radius 3 is 2.23 bits per heavy atom. The Balaban J connectivity index is 1.56. The summed E-state index contributed by atoms with van der Waals surface area (Å²) in [7, 11) is 1.99. The van der Waals surface area contributed by atoms with E-state index in [-0.39, 0.29) is 10.8 Å². The molecule has 0 bridgehead atoms. The van der Waals surface area contributed by atoms with Crippen LogP contribution in [-0.4, -0.2) is 68.1 Å². The Morgan fingerprint density at radius 1 is 0.967 bits per heavy atom. The van der Waals surface area contributed by atoms with E-state index in [0.29, 0.717) is 0 Å². The van der Waals surface area contributed by atoms with Crippen molar-refractivity contribution < 1.29 is 0 Å². The van der Waals surface area contributed by atoms with Crippen molar-refractivity contribution >= 4 is 17.6 Å². The molecule has 1 aliphatic rings. The lowest BCUT2D eigenvalue weighted by Crippen LogP contribution is -2.47. The minimum atomic E-state index is -0.0573. The van der Waals surface area contributed by atoms with Gasteiger partial charge in [-0.05, 0) is 13.0 Å². The maximum absolute atomic E-state index is 4.96. The first kappa shape index (κ1) is 23.0. The molecule has 30 heavy (non-hydrogen) atoms. The average molecular weight is 432 g/mol. The van der Waals surface area contributed by atoms with Crippen molar-refractivity contribution in [2.75, 3.05) is 43.4 Å². The quantitative estimate of drug-likeness (QED) is 0.512. The summed E-state index contributed by atoms with van der Waals surface area (Å²) >= 11 is 1.78. The van der Waals surface area contributed by atoms with Crippen LogP contribution in [0.4, 0.5) is 5.82 Å². The molecule has 2 aromatic heterocycles. The number of piperazine rings is 1. The maximum Gasteiger partial charge on any atom is 0.190 e. The molecule has 0 aliphatic carbocycles. The Labute approximate surface area is 185 Å². The summed E-state index contributed by atoms with van der Waals surface area (Å²) in [6, 6.07) is 2.20. The third-order valence-electron chi connectivity index (χ3n) is 5.37. The minimum Gasteiger partial charge on any atom is -0.354 e. The molecule has 0 saturated carbocycles. The molecule has 0 spiro atoms. The van der Waals surface area contributed by atoms with Crippen molar-refractivity contribution in [1.29, 1.82) is 0 Å². The predicted molar refractivity (Wildman–Crippen MR) is 124 cm³/mol. The van der Waals surface area contributed by atoms with Crippen LogP contribution in [0.5, 0.6) is 0 Å². The monoisotopic (exact) mass is 431 g/mol. The van der Waals surface area contributed by atoms with Gasteiger partial charge in [0.2, 0.25) is 0 Å². The first-order valence-corrected chi connectivity index (χ1v) is 11.9. The van der Waals surface area contributed by atoms with E-state index >= 15 is 0 Å². The van der Waals surface area contributed by atoms with Gasteiger partial charge in [0.15, 0.2) is 5.16 Å². The summed E-state index contributed by atoms with van der Waals surface area (Å²) in [6.07, 6.45) is 2.91. The second-order valence-electron chi connectivity index (χ2n) is 10.2. The van der Waals surface area contributed by atoms with E-state index in [1.807, 2.05) is 11.6 Å². The summed E-state index contributed by atoms with van der Waals surface area (Å²) in [5.74, 6) is 3.09. The fraction of sp³-hybridized carbons (Fsp3) is 0.727. The Hall–Kier alpha value is -1.67. The van der Waals surface area contributed by atoms with Crippen LogP contribution in [0.25, 0.3) is 0 Å². The van der Waals surface area contributed by atoms with Gasteiger partial charge < -0.3 is 9.47 Å². The molecule has 166 valence electrons. The number of anilines is 1. The average Bonchev–Trinajstić information content (AvgIpc) is 3.09. The molecule has 0 aromatic carbocycles. The summed E-state index contributed by atoms with van der Waals surface area (Å²) < 4.78 is 1.98. The highest BCUT2D eigenvalue weighted by Crippen LogP contribution is 2.28. The number of aromatic nitrogens is 5. The van der Waals surface area contributed by atoms with Crippen molar-refractivity contribution in [3.05, 3.63) is 23.9 Å². The van der Waals surface area contributed by atoms with E-state index in [2.05, 4.69) is 67.6 Å². The van der Waals surface area contributed by atoms with Crippen LogP contribution < -0.4 is 4.90 Å². The van der Waals surface area contributed by atoms with Crippen LogP contribution in [0.1, 0.15) is 59.5 Å². The van der Waals surface area contributed by atoms with Crippen LogP contribution >= 0.6 is 11.8 Å². The largest absolute Gasteiger partial charge is 0.354 e. The molecule has 0 atom stereocenters. The number of hydrogen-bond acceptors (Lipinski definition) is 7. The third kappa shape index (κ3) is 5.94. The van der Waals surface area contributed by atoms with Crippen LogP contribution in [0.3, 0.4) is 0 Å². The number of rotatable bonds is 6. The van der Waals surface area contributed by atoms with Gasteiger partial charge in [0.25, 0.3) is 0 Å². The lowest BCUT2D eigenvalue weighted by Gasteiger charge is -2.36. The molecule has 0 radical (unpaired) electrons. The normalized spacial score (nSPS) is 16.3. The molecule has 0 N–H and O–H groups in total. The fourth-order valence-corrected chi connectivity index (χ4v) is 4.18. The molecule has 2 aromatic rings. The Morgan fingerprint density at radius 2 is 1.67 bits per heavy atom. The van der Waals surface area contributed by atoms with Crippen LogP contribution in [0.15, 0.2) is 17.6 Å². The maximum atomic E-state index is 4.96. The molecule has 1 aliphatic heterocycles. The van der Waals surface area contributed by atoms with Gasteiger partial charge in [-0.2, -0.15) is 0 Å².